The summed E-state index contributed by atoms with van der Waals surface area (Å²) in [5.74, 6) is -0.477. The molecule has 1 unspecified atom stereocenters. The Hall–Kier alpha value is -1.99. The summed E-state index contributed by atoms with van der Waals surface area (Å²) < 4.78 is 0. The number of likely N-dealkylation sites (tertiary alicyclic amines) is 1. The van der Waals surface area contributed by atoms with E-state index in [1.54, 1.807) is 4.90 Å². The van der Waals surface area contributed by atoms with Gasteiger partial charge in [-0.3, -0.25) is 14.4 Å². The first-order valence-electron chi connectivity index (χ1n) is 9.39. The Kier molecular flexibility index (Phi) is 5.14. The largest absolute Gasteiger partial charge is 0.342 e. The van der Waals surface area contributed by atoms with Crippen LogP contribution < -0.4 is 5.32 Å². The zero-order chi connectivity index (χ0) is 19.0. The van der Waals surface area contributed by atoms with Crippen LogP contribution in [0.15, 0.2) is 17.5 Å². The fourth-order valence-electron chi connectivity index (χ4n) is 3.89. The molecule has 142 valence electrons. The minimum atomic E-state index is -0.346. The molecule has 0 saturated carbocycles. The van der Waals surface area contributed by atoms with E-state index in [1.807, 2.05) is 24.4 Å². The molecule has 5 nitrogen and oxygen atoms in total. The average molecular weight is 403 g/mol. The number of carbonyl (C=O) groups is 3. The summed E-state index contributed by atoms with van der Waals surface area (Å²) in [4.78, 5) is 41.5. The summed E-state index contributed by atoms with van der Waals surface area (Å²) in [6, 6.07) is 3.71. The molecule has 0 aromatic carbocycles. The molecule has 0 spiro atoms. The van der Waals surface area contributed by atoms with Crippen molar-refractivity contribution in [3.63, 3.8) is 0 Å². The predicted octanol–water partition coefficient (Wildman–Crippen LogP) is 3.73. The highest BCUT2D eigenvalue weighted by molar-refractivity contribution is 7.17. The van der Waals surface area contributed by atoms with Gasteiger partial charge in [-0.25, -0.2) is 0 Å². The molecule has 2 amide bonds. The SMILES string of the molecule is CCN1CC(C(=O)Nc2sc3c(c2C(=O)c2cccs2)CCCC3)CC1=O. The van der Waals surface area contributed by atoms with Gasteiger partial charge in [0.25, 0.3) is 0 Å². The van der Waals surface area contributed by atoms with Crippen molar-refractivity contribution < 1.29 is 14.4 Å². The van der Waals surface area contributed by atoms with Gasteiger partial charge in [-0.2, -0.15) is 0 Å². The van der Waals surface area contributed by atoms with Crippen LogP contribution in [0.4, 0.5) is 5.00 Å². The second kappa shape index (κ2) is 7.56. The lowest BCUT2D eigenvalue weighted by Crippen LogP contribution is -2.28. The van der Waals surface area contributed by atoms with Crippen molar-refractivity contribution >= 4 is 45.3 Å². The molecule has 1 saturated heterocycles. The van der Waals surface area contributed by atoms with E-state index >= 15 is 0 Å². The zero-order valence-electron chi connectivity index (χ0n) is 15.2. The molecule has 0 radical (unpaired) electrons. The second-order valence-corrected chi connectivity index (χ2v) is 9.10. The van der Waals surface area contributed by atoms with E-state index in [2.05, 4.69) is 5.32 Å². The van der Waals surface area contributed by atoms with Gasteiger partial charge in [-0.1, -0.05) is 6.07 Å². The highest BCUT2D eigenvalue weighted by Crippen LogP contribution is 2.40. The quantitative estimate of drug-likeness (QED) is 0.775. The van der Waals surface area contributed by atoms with E-state index in [4.69, 9.17) is 0 Å². The molecular formula is C20H22N2O3S2. The minimum Gasteiger partial charge on any atom is -0.342 e. The van der Waals surface area contributed by atoms with Crippen LogP contribution >= 0.6 is 22.7 Å². The van der Waals surface area contributed by atoms with Crippen LogP contribution in [0.5, 0.6) is 0 Å². The number of hydrogen-bond donors (Lipinski definition) is 1. The molecule has 27 heavy (non-hydrogen) atoms. The number of nitrogens with one attached hydrogen (secondary N) is 1. The van der Waals surface area contributed by atoms with Gasteiger partial charge in [0.2, 0.25) is 17.6 Å². The van der Waals surface area contributed by atoms with Gasteiger partial charge in [0.1, 0.15) is 5.00 Å². The number of amides is 2. The van der Waals surface area contributed by atoms with Crippen LogP contribution in [0, 0.1) is 5.92 Å². The van der Waals surface area contributed by atoms with Crippen LogP contribution in [0.3, 0.4) is 0 Å². The van der Waals surface area contributed by atoms with Crippen molar-refractivity contribution in [2.45, 2.75) is 39.0 Å². The van der Waals surface area contributed by atoms with Gasteiger partial charge in [-0.15, -0.1) is 22.7 Å². The molecule has 1 aliphatic heterocycles. The van der Waals surface area contributed by atoms with Gasteiger partial charge < -0.3 is 10.2 Å². The first-order valence-corrected chi connectivity index (χ1v) is 11.1. The number of aryl methyl sites for hydroxylation is 1. The lowest BCUT2D eigenvalue weighted by atomic mass is 9.93. The van der Waals surface area contributed by atoms with Gasteiger partial charge in [-0.05, 0) is 49.6 Å². The molecule has 2 aliphatic rings. The Bertz CT molecular complexity index is 885. The van der Waals surface area contributed by atoms with Gasteiger partial charge >= 0.3 is 0 Å². The standard InChI is InChI=1S/C20H22N2O3S2/c1-2-22-11-12(10-16(22)23)19(25)21-20-17(18(24)15-8-5-9-26-15)13-6-3-4-7-14(13)27-20/h5,8-9,12H,2-4,6-7,10-11H2,1H3,(H,21,25). The molecule has 1 aliphatic carbocycles. The maximum absolute atomic E-state index is 13.1. The maximum atomic E-state index is 13.1. The highest BCUT2D eigenvalue weighted by atomic mass is 32.1. The molecule has 2 aromatic heterocycles. The maximum Gasteiger partial charge on any atom is 0.230 e. The van der Waals surface area contributed by atoms with E-state index in [1.165, 1.54) is 27.6 Å². The topological polar surface area (TPSA) is 66.5 Å². The third kappa shape index (κ3) is 3.46. The second-order valence-electron chi connectivity index (χ2n) is 7.04. The van der Waals surface area contributed by atoms with Crippen molar-refractivity contribution in [2.75, 3.05) is 18.4 Å². The third-order valence-electron chi connectivity index (χ3n) is 5.35. The molecule has 0 bridgehead atoms. The van der Waals surface area contributed by atoms with E-state index in [0.717, 1.165) is 31.2 Å². The summed E-state index contributed by atoms with van der Waals surface area (Å²) in [7, 11) is 0. The molecular weight excluding hydrogens is 380 g/mol. The van der Waals surface area contributed by atoms with E-state index in [9.17, 15) is 14.4 Å². The Morgan fingerprint density at radius 2 is 2.11 bits per heavy atom. The lowest BCUT2D eigenvalue weighted by molar-refractivity contribution is -0.128. The lowest BCUT2D eigenvalue weighted by Gasteiger charge is -2.14. The van der Waals surface area contributed by atoms with Crippen molar-refractivity contribution in [3.05, 3.63) is 38.4 Å². The number of thiophene rings is 2. The Balaban J connectivity index is 1.63. The monoisotopic (exact) mass is 402 g/mol. The van der Waals surface area contributed by atoms with Gasteiger partial charge in [0, 0.05) is 24.4 Å². The molecule has 1 N–H and O–H groups in total. The first-order chi connectivity index (χ1) is 13.1. The summed E-state index contributed by atoms with van der Waals surface area (Å²) >= 11 is 2.96. The number of nitrogens with zero attached hydrogens (tertiary/aromatic N) is 1. The fraction of sp³-hybridized carbons (Fsp3) is 0.450. The smallest absolute Gasteiger partial charge is 0.230 e. The van der Waals surface area contributed by atoms with Crippen LogP contribution in [0.2, 0.25) is 0 Å². The normalized spacial score (nSPS) is 19.2. The summed E-state index contributed by atoms with van der Waals surface area (Å²) in [5, 5.41) is 5.56. The summed E-state index contributed by atoms with van der Waals surface area (Å²) in [6.07, 6.45) is 4.30. The number of anilines is 1. The number of hydrogen-bond acceptors (Lipinski definition) is 5. The van der Waals surface area contributed by atoms with Crippen LogP contribution in [0.25, 0.3) is 0 Å². The van der Waals surface area contributed by atoms with E-state index < -0.39 is 0 Å². The average Bonchev–Trinajstić information content (AvgIpc) is 3.39. The van der Waals surface area contributed by atoms with Crippen LogP contribution in [-0.4, -0.2) is 35.6 Å². The van der Waals surface area contributed by atoms with E-state index in [-0.39, 0.29) is 29.9 Å². The van der Waals surface area contributed by atoms with E-state index in [0.29, 0.717) is 28.5 Å². The summed E-state index contributed by atoms with van der Waals surface area (Å²) in [6.45, 7) is 3.00. The third-order valence-corrected chi connectivity index (χ3v) is 7.42. The van der Waals surface area contributed by atoms with Crippen molar-refractivity contribution in [1.29, 1.82) is 0 Å². The summed E-state index contributed by atoms with van der Waals surface area (Å²) in [5.41, 5.74) is 1.78. The Morgan fingerprint density at radius 3 is 2.81 bits per heavy atom. The molecule has 7 heteroatoms. The zero-order valence-corrected chi connectivity index (χ0v) is 16.9. The fourth-order valence-corrected chi connectivity index (χ4v) is 5.85. The van der Waals surface area contributed by atoms with Gasteiger partial charge in [0.15, 0.2) is 0 Å². The molecule has 3 heterocycles. The molecule has 1 atom stereocenters. The molecule has 4 rings (SSSR count). The molecule has 1 fully saturated rings. The van der Waals surface area contributed by atoms with Crippen LogP contribution in [0.1, 0.15) is 51.9 Å². The van der Waals surface area contributed by atoms with Crippen molar-refractivity contribution in [2.24, 2.45) is 5.92 Å². The van der Waals surface area contributed by atoms with Crippen molar-refractivity contribution in [3.8, 4) is 0 Å². The Labute approximate surface area is 166 Å². The van der Waals surface area contributed by atoms with Crippen LogP contribution in [-0.2, 0) is 22.4 Å². The van der Waals surface area contributed by atoms with Crippen molar-refractivity contribution in [1.82, 2.24) is 4.90 Å². The van der Waals surface area contributed by atoms with Gasteiger partial charge in [0.05, 0.1) is 16.4 Å². The number of ketones is 1. The predicted molar refractivity (Wildman–Crippen MR) is 108 cm³/mol. The Morgan fingerprint density at radius 1 is 1.30 bits per heavy atom. The number of carbonyl (C=O) groups excluding carboxylic acids is 3. The number of fused-ring (bicyclic) bond motifs is 1. The first kappa shape index (κ1) is 18.4. The minimum absolute atomic E-state index is 0.00242. The highest BCUT2D eigenvalue weighted by Gasteiger charge is 2.35. The molecule has 2 aromatic rings. The number of rotatable bonds is 5.